The van der Waals surface area contributed by atoms with Crippen molar-refractivity contribution in [1.29, 1.82) is 0 Å². The molecule has 1 aromatic rings. The molecule has 1 heterocycles. The number of aromatic nitrogens is 1. The van der Waals surface area contributed by atoms with Crippen molar-refractivity contribution < 1.29 is 4.74 Å². The molecule has 0 unspecified atom stereocenters. The van der Waals surface area contributed by atoms with Gasteiger partial charge in [-0.2, -0.15) is 4.98 Å². The van der Waals surface area contributed by atoms with E-state index in [0.717, 1.165) is 0 Å². The normalized spacial score (nSPS) is 9.82. The van der Waals surface area contributed by atoms with E-state index in [1.165, 1.54) is 6.07 Å². The van der Waals surface area contributed by atoms with Crippen LogP contribution >= 0.6 is 34.8 Å². The number of hydrogen-bond acceptors (Lipinski definition) is 2. The third-order valence-corrected chi connectivity index (χ3v) is 1.93. The number of nitrogens with zero attached hydrogens (tertiary/aromatic N) is 1. The van der Waals surface area contributed by atoms with Gasteiger partial charge in [0.1, 0.15) is 12.1 Å². The Morgan fingerprint density at radius 1 is 1.27 bits per heavy atom. The summed E-state index contributed by atoms with van der Waals surface area (Å²) in [6.45, 7) is 0. The van der Waals surface area contributed by atoms with Gasteiger partial charge in [-0.05, 0) is 6.07 Å². The zero-order valence-corrected chi connectivity index (χ0v) is 7.54. The fourth-order valence-corrected chi connectivity index (χ4v) is 1.07. The van der Waals surface area contributed by atoms with Crippen molar-refractivity contribution in [3.8, 4) is 5.88 Å². The molecule has 1 rings (SSSR count). The minimum Gasteiger partial charge on any atom is -0.473 e. The van der Waals surface area contributed by atoms with E-state index < -0.39 is 0 Å². The monoisotopic (exact) mass is 210 g/mol. The fourth-order valence-electron chi connectivity index (χ4n) is 0.530. The molecular formula is C6H3Cl3NO. The summed E-state index contributed by atoms with van der Waals surface area (Å²) in [6, 6.07) is 1.44. The summed E-state index contributed by atoms with van der Waals surface area (Å²) >= 11 is 16.8. The van der Waals surface area contributed by atoms with Gasteiger partial charge in [-0.1, -0.05) is 34.8 Å². The first-order valence-electron chi connectivity index (χ1n) is 2.58. The summed E-state index contributed by atoms with van der Waals surface area (Å²) in [7, 11) is 3.14. The van der Waals surface area contributed by atoms with Gasteiger partial charge in [-0.15, -0.1) is 0 Å². The Labute approximate surface area is 79.0 Å². The van der Waals surface area contributed by atoms with Crippen LogP contribution in [0.15, 0.2) is 6.07 Å². The van der Waals surface area contributed by atoms with Crippen molar-refractivity contribution in [2.24, 2.45) is 0 Å². The van der Waals surface area contributed by atoms with Crippen LogP contribution in [0.2, 0.25) is 15.2 Å². The predicted molar refractivity (Wildman–Crippen MR) is 45.3 cm³/mol. The van der Waals surface area contributed by atoms with E-state index in [4.69, 9.17) is 34.8 Å². The number of pyridine rings is 1. The molecule has 0 N–H and O–H groups in total. The average molecular weight is 211 g/mol. The smallest absolute Gasteiger partial charge is 0.234 e. The van der Waals surface area contributed by atoms with Crippen LogP contribution in [0.1, 0.15) is 0 Å². The topological polar surface area (TPSA) is 22.1 Å². The molecule has 0 atom stereocenters. The minimum atomic E-state index is 0.148. The van der Waals surface area contributed by atoms with E-state index in [1.54, 1.807) is 0 Å². The minimum absolute atomic E-state index is 0.148. The summed E-state index contributed by atoms with van der Waals surface area (Å²) in [5.41, 5.74) is 0. The van der Waals surface area contributed by atoms with Crippen LogP contribution in [0.4, 0.5) is 0 Å². The molecule has 0 spiro atoms. The number of halogens is 3. The standard InChI is InChI=1S/C6H3Cl3NO/c1-11-6-4(8)2-3(7)5(9)10-6/h2H,1H2. The van der Waals surface area contributed by atoms with Crippen LogP contribution < -0.4 is 4.74 Å². The summed E-state index contributed by atoms with van der Waals surface area (Å²) < 4.78 is 4.54. The Morgan fingerprint density at radius 3 is 2.45 bits per heavy atom. The zero-order valence-electron chi connectivity index (χ0n) is 5.27. The maximum absolute atomic E-state index is 5.63. The van der Waals surface area contributed by atoms with Gasteiger partial charge in [0.05, 0.1) is 5.02 Å². The molecule has 0 amide bonds. The van der Waals surface area contributed by atoms with E-state index >= 15 is 0 Å². The third-order valence-electron chi connectivity index (χ3n) is 0.991. The molecule has 0 aliphatic carbocycles. The first-order chi connectivity index (χ1) is 5.15. The maximum atomic E-state index is 5.63. The third kappa shape index (κ3) is 1.89. The highest BCUT2D eigenvalue weighted by Crippen LogP contribution is 2.29. The molecule has 0 aromatic carbocycles. The van der Waals surface area contributed by atoms with E-state index in [-0.39, 0.29) is 21.1 Å². The summed E-state index contributed by atoms with van der Waals surface area (Å²) in [5.74, 6) is 0.168. The van der Waals surface area contributed by atoms with E-state index in [0.29, 0.717) is 0 Å². The van der Waals surface area contributed by atoms with Gasteiger partial charge < -0.3 is 4.74 Å². The lowest BCUT2D eigenvalue weighted by molar-refractivity contribution is 0.454. The van der Waals surface area contributed by atoms with Crippen molar-refractivity contribution in [2.75, 3.05) is 0 Å². The Morgan fingerprint density at radius 2 is 1.91 bits per heavy atom. The fraction of sp³-hybridized carbons (Fsp3) is 0. The van der Waals surface area contributed by atoms with Crippen LogP contribution in [0, 0.1) is 7.11 Å². The molecule has 1 aromatic heterocycles. The second-order valence-electron chi connectivity index (χ2n) is 1.69. The van der Waals surface area contributed by atoms with Crippen molar-refractivity contribution in [3.05, 3.63) is 28.4 Å². The Hall–Kier alpha value is -0.180. The predicted octanol–water partition coefficient (Wildman–Crippen LogP) is 3.21. The second-order valence-corrected chi connectivity index (χ2v) is 2.86. The maximum Gasteiger partial charge on any atom is 0.234 e. The van der Waals surface area contributed by atoms with Crippen LogP contribution in [-0.2, 0) is 0 Å². The highest BCUT2D eigenvalue weighted by Gasteiger charge is 2.06. The van der Waals surface area contributed by atoms with E-state index in [1.807, 2.05) is 0 Å². The lowest BCUT2D eigenvalue weighted by Crippen LogP contribution is -1.86. The summed E-state index contributed by atoms with van der Waals surface area (Å²) in [6.07, 6.45) is 0. The van der Waals surface area contributed by atoms with Crippen LogP contribution in [0.3, 0.4) is 0 Å². The van der Waals surface area contributed by atoms with E-state index in [2.05, 4.69) is 16.8 Å². The van der Waals surface area contributed by atoms with Crippen LogP contribution in [0.5, 0.6) is 5.88 Å². The molecule has 0 aliphatic heterocycles. The first-order valence-corrected chi connectivity index (χ1v) is 3.72. The van der Waals surface area contributed by atoms with Gasteiger partial charge in [0.2, 0.25) is 5.88 Å². The van der Waals surface area contributed by atoms with Crippen LogP contribution in [0.25, 0.3) is 0 Å². The molecule has 0 saturated heterocycles. The van der Waals surface area contributed by atoms with E-state index in [9.17, 15) is 0 Å². The molecule has 0 bridgehead atoms. The molecule has 0 aliphatic rings. The number of rotatable bonds is 1. The molecule has 2 nitrogen and oxygen atoms in total. The first kappa shape index (κ1) is 8.91. The van der Waals surface area contributed by atoms with Crippen LogP contribution in [-0.4, -0.2) is 4.98 Å². The highest BCUT2D eigenvalue weighted by atomic mass is 35.5. The van der Waals surface area contributed by atoms with Gasteiger partial charge >= 0.3 is 0 Å². The number of ether oxygens (including phenoxy) is 1. The Kier molecular flexibility index (Phi) is 2.82. The van der Waals surface area contributed by atoms with Crippen molar-refractivity contribution >= 4 is 34.8 Å². The van der Waals surface area contributed by atoms with Crippen molar-refractivity contribution in [2.45, 2.75) is 0 Å². The van der Waals surface area contributed by atoms with Gasteiger partial charge in [0.15, 0.2) is 5.15 Å². The van der Waals surface area contributed by atoms with Crippen molar-refractivity contribution in [3.63, 3.8) is 0 Å². The second kappa shape index (κ2) is 3.48. The molecular weight excluding hydrogens is 208 g/mol. The molecule has 0 fully saturated rings. The Bertz CT molecular complexity index is 277. The zero-order chi connectivity index (χ0) is 8.43. The van der Waals surface area contributed by atoms with Gasteiger partial charge in [0, 0.05) is 0 Å². The SMILES string of the molecule is [CH2]Oc1nc(Cl)c(Cl)cc1Cl. The molecule has 11 heavy (non-hydrogen) atoms. The average Bonchev–Trinajstić information content (AvgIpc) is 1.97. The molecule has 5 heteroatoms. The summed E-state index contributed by atoms with van der Waals surface area (Å²) in [5, 5.41) is 0.724. The lowest BCUT2D eigenvalue weighted by Gasteiger charge is -2.01. The molecule has 59 valence electrons. The largest absolute Gasteiger partial charge is 0.473 e. The molecule has 1 radical (unpaired) electrons. The quantitative estimate of drug-likeness (QED) is 0.666. The lowest BCUT2D eigenvalue weighted by atomic mass is 10.5. The molecule has 0 saturated carbocycles. The van der Waals surface area contributed by atoms with Gasteiger partial charge in [-0.25, -0.2) is 0 Å². The van der Waals surface area contributed by atoms with Gasteiger partial charge in [0.25, 0.3) is 0 Å². The number of hydrogen-bond donors (Lipinski definition) is 0. The highest BCUT2D eigenvalue weighted by molar-refractivity contribution is 6.42. The Balaban J connectivity index is 3.21. The van der Waals surface area contributed by atoms with Gasteiger partial charge in [-0.3, -0.25) is 0 Å². The summed E-state index contributed by atoms with van der Waals surface area (Å²) in [4.78, 5) is 3.71. The van der Waals surface area contributed by atoms with Crippen molar-refractivity contribution in [1.82, 2.24) is 4.98 Å².